The Balaban J connectivity index is 3.16. The first-order chi connectivity index (χ1) is 6.70. The SMILES string of the molecule is CCC(CC)NCCCCCC(=O)O. The summed E-state index contributed by atoms with van der Waals surface area (Å²) in [4.78, 5) is 10.2. The van der Waals surface area contributed by atoms with Crippen molar-refractivity contribution in [3.63, 3.8) is 0 Å². The van der Waals surface area contributed by atoms with Gasteiger partial charge in [-0.15, -0.1) is 0 Å². The maximum atomic E-state index is 10.2. The molecular weight excluding hydrogens is 178 g/mol. The molecule has 0 aliphatic rings. The van der Waals surface area contributed by atoms with Gasteiger partial charge in [0.1, 0.15) is 0 Å². The molecule has 84 valence electrons. The highest BCUT2D eigenvalue weighted by atomic mass is 16.4. The van der Waals surface area contributed by atoms with Gasteiger partial charge >= 0.3 is 5.97 Å². The standard InChI is InChI=1S/C11H23NO2/c1-3-10(4-2)12-9-7-5-6-8-11(13)14/h10,12H,3-9H2,1-2H3,(H,13,14). The molecule has 0 bridgehead atoms. The molecule has 0 saturated carbocycles. The van der Waals surface area contributed by atoms with Gasteiger partial charge in [0.25, 0.3) is 0 Å². The third-order valence-electron chi connectivity index (χ3n) is 2.49. The van der Waals surface area contributed by atoms with Gasteiger partial charge in [-0.25, -0.2) is 0 Å². The van der Waals surface area contributed by atoms with E-state index in [-0.39, 0.29) is 0 Å². The molecule has 0 unspecified atom stereocenters. The van der Waals surface area contributed by atoms with Crippen molar-refractivity contribution in [3.05, 3.63) is 0 Å². The summed E-state index contributed by atoms with van der Waals surface area (Å²) in [6.45, 7) is 5.39. The first-order valence-electron chi connectivity index (χ1n) is 5.65. The first kappa shape index (κ1) is 13.4. The van der Waals surface area contributed by atoms with Crippen LogP contribution in [0.25, 0.3) is 0 Å². The summed E-state index contributed by atoms with van der Waals surface area (Å²) in [6, 6.07) is 0.634. The predicted octanol–water partition coefficient (Wildman–Crippen LogP) is 2.41. The lowest BCUT2D eigenvalue weighted by Gasteiger charge is -2.13. The molecule has 0 radical (unpaired) electrons. The molecule has 0 amide bonds. The first-order valence-corrected chi connectivity index (χ1v) is 5.65. The number of carbonyl (C=O) groups is 1. The number of carboxylic acid groups (broad SMARTS) is 1. The van der Waals surface area contributed by atoms with Gasteiger partial charge in [-0.1, -0.05) is 20.3 Å². The maximum Gasteiger partial charge on any atom is 0.303 e. The maximum absolute atomic E-state index is 10.2. The Bertz CT molecular complexity index is 144. The molecule has 0 rings (SSSR count). The molecule has 14 heavy (non-hydrogen) atoms. The fraction of sp³-hybridized carbons (Fsp3) is 0.909. The highest BCUT2D eigenvalue weighted by Crippen LogP contribution is 2.00. The highest BCUT2D eigenvalue weighted by molar-refractivity contribution is 5.66. The predicted molar refractivity (Wildman–Crippen MR) is 58.5 cm³/mol. The molecule has 3 heteroatoms. The van der Waals surface area contributed by atoms with Gasteiger partial charge in [0.2, 0.25) is 0 Å². The number of hydrogen-bond acceptors (Lipinski definition) is 2. The monoisotopic (exact) mass is 201 g/mol. The van der Waals surface area contributed by atoms with Crippen LogP contribution in [-0.2, 0) is 4.79 Å². The van der Waals surface area contributed by atoms with E-state index in [1.807, 2.05) is 0 Å². The van der Waals surface area contributed by atoms with Crippen LogP contribution < -0.4 is 5.32 Å². The largest absolute Gasteiger partial charge is 0.481 e. The van der Waals surface area contributed by atoms with E-state index in [1.165, 1.54) is 12.8 Å². The van der Waals surface area contributed by atoms with E-state index in [2.05, 4.69) is 19.2 Å². The summed E-state index contributed by atoms with van der Waals surface area (Å²) in [6.07, 6.45) is 5.56. The van der Waals surface area contributed by atoms with Crippen molar-refractivity contribution >= 4 is 5.97 Å². The van der Waals surface area contributed by atoms with Crippen molar-refractivity contribution in [1.82, 2.24) is 5.32 Å². The number of carboxylic acids is 1. The van der Waals surface area contributed by atoms with E-state index in [0.717, 1.165) is 25.8 Å². The summed E-state index contributed by atoms with van der Waals surface area (Å²) in [5.41, 5.74) is 0. The second-order valence-electron chi connectivity index (χ2n) is 3.67. The third kappa shape index (κ3) is 8.05. The average Bonchev–Trinajstić information content (AvgIpc) is 2.16. The fourth-order valence-electron chi connectivity index (χ4n) is 1.46. The van der Waals surface area contributed by atoms with Gasteiger partial charge in [0.15, 0.2) is 0 Å². The van der Waals surface area contributed by atoms with Crippen LogP contribution in [0.4, 0.5) is 0 Å². The van der Waals surface area contributed by atoms with Crippen LogP contribution >= 0.6 is 0 Å². The van der Waals surface area contributed by atoms with Crippen molar-refractivity contribution in [3.8, 4) is 0 Å². The molecule has 0 spiro atoms. The summed E-state index contributed by atoms with van der Waals surface area (Å²) in [7, 11) is 0. The van der Waals surface area contributed by atoms with E-state index < -0.39 is 5.97 Å². The Labute approximate surface area is 86.9 Å². The van der Waals surface area contributed by atoms with Crippen LogP contribution in [0.15, 0.2) is 0 Å². The minimum absolute atomic E-state index is 0.311. The van der Waals surface area contributed by atoms with Gasteiger partial charge in [0, 0.05) is 12.5 Å². The Morgan fingerprint density at radius 3 is 2.36 bits per heavy atom. The molecule has 0 fully saturated rings. The fourth-order valence-corrected chi connectivity index (χ4v) is 1.46. The van der Waals surface area contributed by atoms with Crippen LogP contribution in [-0.4, -0.2) is 23.7 Å². The van der Waals surface area contributed by atoms with Crippen LogP contribution in [0, 0.1) is 0 Å². The normalized spacial score (nSPS) is 10.8. The van der Waals surface area contributed by atoms with E-state index in [0.29, 0.717) is 12.5 Å². The number of nitrogens with one attached hydrogen (secondary N) is 1. The zero-order valence-electron chi connectivity index (χ0n) is 9.38. The van der Waals surface area contributed by atoms with Crippen molar-refractivity contribution in [2.45, 2.75) is 58.4 Å². The van der Waals surface area contributed by atoms with Gasteiger partial charge in [-0.05, 0) is 32.2 Å². The third-order valence-corrected chi connectivity index (χ3v) is 2.49. The van der Waals surface area contributed by atoms with Crippen LogP contribution in [0.2, 0.25) is 0 Å². The number of rotatable bonds is 9. The van der Waals surface area contributed by atoms with Crippen molar-refractivity contribution in [2.24, 2.45) is 0 Å². The van der Waals surface area contributed by atoms with Gasteiger partial charge in [0.05, 0.1) is 0 Å². The second kappa shape index (κ2) is 9.00. The molecule has 0 aromatic heterocycles. The zero-order chi connectivity index (χ0) is 10.8. The quantitative estimate of drug-likeness (QED) is 0.563. The summed E-state index contributed by atoms with van der Waals surface area (Å²) in [5, 5.41) is 11.9. The van der Waals surface area contributed by atoms with Gasteiger partial charge in [-0.2, -0.15) is 0 Å². The smallest absolute Gasteiger partial charge is 0.303 e. The highest BCUT2D eigenvalue weighted by Gasteiger charge is 2.01. The summed E-state index contributed by atoms with van der Waals surface area (Å²) in [5.74, 6) is -0.682. The van der Waals surface area contributed by atoms with E-state index in [4.69, 9.17) is 5.11 Å². The lowest BCUT2D eigenvalue weighted by molar-refractivity contribution is -0.137. The molecule has 0 saturated heterocycles. The summed E-state index contributed by atoms with van der Waals surface area (Å²) >= 11 is 0. The lowest BCUT2D eigenvalue weighted by Crippen LogP contribution is -2.28. The topological polar surface area (TPSA) is 49.3 Å². The minimum atomic E-state index is -0.682. The van der Waals surface area contributed by atoms with E-state index >= 15 is 0 Å². The van der Waals surface area contributed by atoms with Crippen molar-refractivity contribution < 1.29 is 9.90 Å². The van der Waals surface area contributed by atoms with E-state index in [1.54, 1.807) is 0 Å². The summed E-state index contributed by atoms with van der Waals surface area (Å²) < 4.78 is 0. The minimum Gasteiger partial charge on any atom is -0.481 e. The van der Waals surface area contributed by atoms with Crippen molar-refractivity contribution in [1.29, 1.82) is 0 Å². The van der Waals surface area contributed by atoms with Crippen LogP contribution in [0.5, 0.6) is 0 Å². The van der Waals surface area contributed by atoms with Crippen LogP contribution in [0.3, 0.4) is 0 Å². The number of unbranched alkanes of at least 4 members (excludes halogenated alkanes) is 2. The molecule has 0 aliphatic heterocycles. The molecular formula is C11H23NO2. The molecule has 0 aromatic rings. The molecule has 0 aromatic carbocycles. The second-order valence-corrected chi connectivity index (χ2v) is 3.67. The average molecular weight is 201 g/mol. The Morgan fingerprint density at radius 2 is 1.86 bits per heavy atom. The Kier molecular flexibility index (Phi) is 8.64. The van der Waals surface area contributed by atoms with Gasteiger partial charge in [-0.3, -0.25) is 4.79 Å². The Morgan fingerprint density at radius 1 is 1.21 bits per heavy atom. The number of aliphatic carboxylic acids is 1. The zero-order valence-corrected chi connectivity index (χ0v) is 9.38. The van der Waals surface area contributed by atoms with E-state index in [9.17, 15) is 4.79 Å². The molecule has 0 aliphatic carbocycles. The Hall–Kier alpha value is -0.570. The molecule has 0 heterocycles. The van der Waals surface area contributed by atoms with Gasteiger partial charge < -0.3 is 10.4 Å². The van der Waals surface area contributed by atoms with Crippen molar-refractivity contribution in [2.75, 3.05) is 6.54 Å². The molecule has 3 nitrogen and oxygen atoms in total. The van der Waals surface area contributed by atoms with Crippen LogP contribution in [0.1, 0.15) is 52.4 Å². The molecule has 0 atom stereocenters. The lowest BCUT2D eigenvalue weighted by atomic mass is 10.1. The molecule has 2 N–H and O–H groups in total. The number of hydrogen-bond donors (Lipinski definition) is 2.